The monoisotopic (exact) mass is 385 g/mol. The lowest BCUT2D eigenvalue weighted by atomic mass is 10.2. The lowest BCUT2D eigenvalue weighted by molar-refractivity contribution is 0.279. The molecule has 137 valence electrons. The minimum Gasteiger partial charge on any atom is -0.360 e. The highest BCUT2D eigenvalue weighted by atomic mass is 32.2. The molecule has 1 fully saturated rings. The van der Waals surface area contributed by atoms with Crippen molar-refractivity contribution in [1.29, 1.82) is 0 Å². The zero-order chi connectivity index (χ0) is 17.6. The number of thiophene rings is 1. The van der Waals surface area contributed by atoms with Crippen LogP contribution in [0, 0.1) is 0 Å². The van der Waals surface area contributed by atoms with Gasteiger partial charge in [0.25, 0.3) is 0 Å². The molecule has 26 heavy (non-hydrogen) atoms. The van der Waals surface area contributed by atoms with Crippen LogP contribution in [-0.4, -0.2) is 29.0 Å². The van der Waals surface area contributed by atoms with Crippen LogP contribution in [0.1, 0.15) is 41.0 Å². The Morgan fingerprint density at radius 1 is 1.00 bits per heavy atom. The second kappa shape index (κ2) is 8.84. The Balaban J connectivity index is 1.33. The molecule has 6 heteroatoms. The Bertz CT molecular complexity index is 774. The Morgan fingerprint density at radius 3 is 2.62 bits per heavy atom. The highest BCUT2D eigenvalue weighted by molar-refractivity contribution is 8.13. The van der Waals surface area contributed by atoms with Gasteiger partial charge in [-0.2, -0.15) is 0 Å². The van der Waals surface area contributed by atoms with E-state index in [1.807, 2.05) is 17.4 Å². The van der Waals surface area contributed by atoms with Crippen molar-refractivity contribution < 1.29 is 0 Å². The summed E-state index contributed by atoms with van der Waals surface area (Å²) in [5.74, 6) is 0.870. The molecule has 0 bridgehead atoms. The number of likely N-dealkylation sites (tertiary alicyclic amines) is 1. The molecule has 4 nitrogen and oxygen atoms in total. The third-order valence-corrected chi connectivity index (χ3v) is 6.51. The molecule has 1 radical (unpaired) electrons. The normalized spacial score (nSPS) is 18.3. The number of rotatable bonds is 5. The van der Waals surface area contributed by atoms with Crippen molar-refractivity contribution in [3.8, 4) is 0 Å². The van der Waals surface area contributed by atoms with Gasteiger partial charge in [-0.1, -0.05) is 43.2 Å². The van der Waals surface area contributed by atoms with E-state index in [1.54, 1.807) is 0 Å². The predicted molar refractivity (Wildman–Crippen MR) is 114 cm³/mol. The van der Waals surface area contributed by atoms with Crippen LogP contribution < -0.4 is 5.32 Å². The number of aliphatic imine (C=N–C) groups is 1. The summed E-state index contributed by atoms with van der Waals surface area (Å²) < 4.78 is 4.59. The zero-order valence-electron chi connectivity index (χ0n) is 14.9. The molecular formula is C20H25N4S2. The minimum atomic E-state index is 0.792. The predicted octanol–water partition coefficient (Wildman–Crippen LogP) is 4.41. The number of thiol groups is 1. The maximum absolute atomic E-state index is 4.69. The highest BCUT2D eigenvalue weighted by Crippen LogP contribution is 2.25. The largest absolute Gasteiger partial charge is 0.360 e. The summed E-state index contributed by atoms with van der Waals surface area (Å²) in [6.07, 6.45) is 5.44. The molecule has 0 spiro atoms. The summed E-state index contributed by atoms with van der Waals surface area (Å²) in [7, 11) is 0. The van der Waals surface area contributed by atoms with Gasteiger partial charge in [0.1, 0.15) is 0 Å². The van der Waals surface area contributed by atoms with E-state index in [2.05, 4.69) is 56.0 Å². The number of hydrogen-bond acceptors (Lipinski definition) is 5. The van der Waals surface area contributed by atoms with Crippen molar-refractivity contribution >= 4 is 34.3 Å². The average Bonchev–Trinajstić information content (AvgIpc) is 3.25. The quantitative estimate of drug-likeness (QED) is 0.749. The molecule has 4 rings (SSSR count). The second-order valence-electron chi connectivity index (χ2n) is 6.75. The maximum Gasteiger partial charge on any atom is 0.179 e. The number of nitrogens with zero attached hydrogens (tertiary/aromatic N) is 3. The molecule has 1 N–H and O–H groups in total. The van der Waals surface area contributed by atoms with Crippen molar-refractivity contribution in [2.75, 3.05) is 13.1 Å². The van der Waals surface area contributed by atoms with Gasteiger partial charge in [0.2, 0.25) is 0 Å². The molecule has 3 heterocycles. The van der Waals surface area contributed by atoms with Gasteiger partial charge in [-0.05, 0) is 55.6 Å². The van der Waals surface area contributed by atoms with E-state index in [4.69, 9.17) is 0 Å². The van der Waals surface area contributed by atoms with Gasteiger partial charge in [-0.25, -0.2) is 9.39 Å². The fourth-order valence-corrected chi connectivity index (χ4v) is 4.98. The molecule has 0 atom stereocenters. The van der Waals surface area contributed by atoms with E-state index < -0.39 is 0 Å². The van der Waals surface area contributed by atoms with Crippen LogP contribution in [0.2, 0.25) is 0 Å². The fraction of sp³-hybridized carbons (Fsp3) is 0.400. The molecule has 1 saturated heterocycles. The van der Waals surface area contributed by atoms with E-state index in [-0.39, 0.29) is 0 Å². The highest BCUT2D eigenvalue weighted by Gasteiger charge is 2.16. The first kappa shape index (κ1) is 17.8. The van der Waals surface area contributed by atoms with Crippen molar-refractivity contribution in [2.45, 2.75) is 38.8 Å². The van der Waals surface area contributed by atoms with Crippen molar-refractivity contribution in [3.05, 3.63) is 57.8 Å². The van der Waals surface area contributed by atoms with Gasteiger partial charge < -0.3 is 5.32 Å². The maximum atomic E-state index is 4.69. The molecule has 0 aliphatic carbocycles. The Hall–Kier alpha value is -1.63. The molecule has 2 aromatic rings. The molecule has 2 aliphatic heterocycles. The summed E-state index contributed by atoms with van der Waals surface area (Å²) in [6, 6.07) is 14.8. The Kier molecular flexibility index (Phi) is 6.04. The molecular weight excluding hydrogens is 360 g/mol. The lowest BCUT2D eigenvalue weighted by Gasteiger charge is -2.18. The fourth-order valence-electron chi connectivity index (χ4n) is 3.29. The summed E-state index contributed by atoms with van der Waals surface area (Å²) >= 11 is 2.75. The molecule has 0 unspecified atom stereocenters. The Labute approximate surface area is 163 Å². The Morgan fingerprint density at radius 2 is 1.81 bits per heavy atom. The first-order valence-electron chi connectivity index (χ1n) is 9.33. The van der Waals surface area contributed by atoms with Gasteiger partial charge in [-0.3, -0.25) is 4.90 Å². The van der Waals surface area contributed by atoms with Crippen LogP contribution in [-0.2, 0) is 13.1 Å². The first-order chi connectivity index (χ1) is 12.9. The van der Waals surface area contributed by atoms with Crippen molar-refractivity contribution in [3.63, 3.8) is 0 Å². The van der Waals surface area contributed by atoms with E-state index >= 15 is 0 Å². The minimum absolute atomic E-state index is 0.792. The van der Waals surface area contributed by atoms with E-state index in [0.717, 1.165) is 36.0 Å². The van der Waals surface area contributed by atoms with Crippen LogP contribution in [0.3, 0.4) is 0 Å². The summed E-state index contributed by atoms with van der Waals surface area (Å²) in [6.45, 7) is 4.33. The summed E-state index contributed by atoms with van der Waals surface area (Å²) in [4.78, 5) is 9.88. The van der Waals surface area contributed by atoms with Gasteiger partial charge in [0.05, 0.1) is 4.88 Å². The van der Waals surface area contributed by atoms with Gasteiger partial charge >= 0.3 is 0 Å². The third kappa shape index (κ3) is 4.75. The van der Waals surface area contributed by atoms with Gasteiger partial charge in [0.15, 0.2) is 11.0 Å². The average molecular weight is 386 g/mol. The van der Waals surface area contributed by atoms with E-state index in [1.165, 1.54) is 54.1 Å². The molecule has 1 aromatic carbocycles. The number of benzene rings is 1. The topological polar surface area (TPSA) is 40.0 Å². The van der Waals surface area contributed by atoms with Crippen LogP contribution in [0.15, 0.2) is 51.9 Å². The standard InChI is InChI=1S/C20H25N4S2/c1-2-7-13-24(12-6-1)15-17-10-11-18(25-17)19-22-20(26-23-19)21-14-16-8-4-3-5-9-16/h3-5,8-11,26H,1-2,6-7,12-15H2,(H,21,22,23). The summed E-state index contributed by atoms with van der Waals surface area (Å²) in [5.41, 5.74) is 1.26. The zero-order valence-corrected chi connectivity index (χ0v) is 16.6. The first-order valence-corrected chi connectivity index (χ1v) is 11.0. The van der Waals surface area contributed by atoms with Gasteiger partial charge in [-0.15, -0.1) is 11.3 Å². The second-order valence-corrected chi connectivity index (χ2v) is 8.75. The van der Waals surface area contributed by atoms with Crippen LogP contribution in [0.25, 0.3) is 0 Å². The molecule has 0 amide bonds. The SMILES string of the molecule is c1ccc(CNC2=NC(c3ccc(CN4CCCCCC4)s3)=N[SH]2)cc1. The lowest BCUT2D eigenvalue weighted by Crippen LogP contribution is -2.23. The third-order valence-electron chi connectivity index (χ3n) is 4.70. The number of nitrogens with one attached hydrogen (secondary N) is 1. The smallest absolute Gasteiger partial charge is 0.179 e. The summed E-state index contributed by atoms with van der Waals surface area (Å²) in [5, 5.41) is 4.33. The molecule has 2 aliphatic rings. The van der Waals surface area contributed by atoms with E-state index in [9.17, 15) is 0 Å². The van der Waals surface area contributed by atoms with Crippen LogP contribution in [0.5, 0.6) is 0 Å². The molecule has 1 aromatic heterocycles. The number of hydrogen-bond donors (Lipinski definition) is 2. The van der Waals surface area contributed by atoms with Gasteiger partial charge in [0, 0.05) is 18.0 Å². The number of amidine groups is 2. The molecule has 0 saturated carbocycles. The van der Waals surface area contributed by atoms with Crippen LogP contribution in [0.4, 0.5) is 0 Å². The van der Waals surface area contributed by atoms with E-state index in [0.29, 0.717) is 0 Å². The van der Waals surface area contributed by atoms with Crippen molar-refractivity contribution in [2.24, 2.45) is 9.39 Å². The van der Waals surface area contributed by atoms with Crippen molar-refractivity contribution in [1.82, 2.24) is 10.2 Å². The van der Waals surface area contributed by atoms with Crippen LogP contribution >= 0.6 is 23.3 Å².